The van der Waals surface area contributed by atoms with Crippen LogP contribution in [0.1, 0.15) is 49.9 Å². The van der Waals surface area contributed by atoms with Crippen molar-refractivity contribution in [2.24, 2.45) is 5.41 Å². The lowest BCUT2D eigenvalue weighted by atomic mass is 9.88. The molecule has 4 nitrogen and oxygen atoms in total. The van der Waals surface area contributed by atoms with Gasteiger partial charge in [-0.1, -0.05) is 13.8 Å². The van der Waals surface area contributed by atoms with Crippen molar-refractivity contribution in [3.05, 3.63) is 22.9 Å². The van der Waals surface area contributed by atoms with Crippen molar-refractivity contribution in [3.8, 4) is 6.07 Å². The predicted octanol–water partition coefficient (Wildman–Crippen LogP) is 2.65. The maximum atomic E-state index is 9.26. The first-order chi connectivity index (χ1) is 9.55. The molecule has 4 heteroatoms. The summed E-state index contributed by atoms with van der Waals surface area (Å²) in [6.45, 7) is 5.31. The number of pyridine rings is 1. The fourth-order valence-electron chi connectivity index (χ4n) is 2.66. The van der Waals surface area contributed by atoms with Crippen molar-refractivity contribution < 1.29 is 5.11 Å². The third kappa shape index (κ3) is 3.49. The van der Waals surface area contributed by atoms with E-state index in [4.69, 9.17) is 5.11 Å². The van der Waals surface area contributed by atoms with Crippen LogP contribution in [-0.4, -0.2) is 23.2 Å². The summed E-state index contributed by atoms with van der Waals surface area (Å²) in [6.07, 6.45) is 4.95. The largest absolute Gasteiger partial charge is 0.396 e. The molecule has 0 radical (unpaired) electrons. The molecule has 1 aliphatic carbocycles. The molecule has 2 rings (SSSR count). The number of nitrogens with zero attached hydrogens (tertiary/aromatic N) is 2. The third-order valence-electron chi connectivity index (χ3n) is 3.92. The van der Waals surface area contributed by atoms with Gasteiger partial charge >= 0.3 is 0 Å². The van der Waals surface area contributed by atoms with E-state index in [1.54, 1.807) is 0 Å². The summed E-state index contributed by atoms with van der Waals surface area (Å²) in [6, 6.07) is 4.22. The molecular formula is C16H23N3O. The Labute approximate surface area is 120 Å². The normalized spacial score (nSPS) is 13.9. The monoisotopic (exact) mass is 273 g/mol. The van der Waals surface area contributed by atoms with Gasteiger partial charge in [0, 0.05) is 18.8 Å². The molecule has 108 valence electrons. The molecule has 0 atom stereocenters. The van der Waals surface area contributed by atoms with Crippen molar-refractivity contribution in [2.75, 3.05) is 18.5 Å². The van der Waals surface area contributed by atoms with E-state index in [1.807, 2.05) is 6.07 Å². The lowest BCUT2D eigenvalue weighted by Crippen LogP contribution is -2.24. The van der Waals surface area contributed by atoms with E-state index < -0.39 is 0 Å². The average Bonchev–Trinajstić information content (AvgIpc) is 2.89. The van der Waals surface area contributed by atoms with Crippen LogP contribution in [0.3, 0.4) is 0 Å². The minimum absolute atomic E-state index is 0.0795. The van der Waals surface area contributed by atoms with Crippen molar-refractivity contribution in [2.45, 2.75) is 46.0 Å². The topological polar surface area (TPSA) is 68.9 Å². The zero-order valence-corrected chi connectivity index (χ0v) is 12.4. The van der Waals surface area contributed by atoms with Crippen LogP contribution >= 0.6 is 0 Å². The summed E-state index contributed by atoms with van der Waals surface area (Å²) in [5, 5.41) is 21.5. The maximum absolute atomic E-state index is 9.26. The predicted molar refractivity (Wildman–Crippen MR) is 79.6 cm³/mol. The summed E-state index contributed by atoms with van der Waals surface area (Å²) >= 11 is 0. The van der Waals surface area contributed by atoms with Gasteiger partial charge in [0.15, 0.2) is 0 Å². The molecule has 0 amide bonds. The zero-order valence-electron chi connectivity index (χ0n) is 12.4. The molecule has 0 saturated carbocycles. The van der Waals surface area contributed by atoms with Crippen molar-refractivity contribution in [3.63, 3.8) is 0 Å². The van der Waals surface area contributed by atoms with E-state index in [0.29, 0.717) is 11.4 Å². The number of nitriles is 1. The molecule has 0 aliphatic heterocycles. The van der Waals surface area contributed by atoms with E-state index in [-0.39, 0.29) is 12.0 Å². The Morgan fingerprint density at radius 1 is 1.45 bits per heavy atom. The number of aliphatic hydroxyl groups excluding tert-OH is 1. The van der Waals surface area contributed by atoms with E-state index in [9.17, 15) is 5.26 Å². The molecule has 1 heterocycles. The van der Waals surface area contributed by atoms with Gasteiger partial charge in [0.05, 0.1) is 5.56 Å². The molecule has 0 fully saturated rings. The molecule has 0 unspecified atom stereocenters. The molecule has 0 aromatic carbocycles. The second-order valence-corrected chi connectivity index (χ2v) is 6.30. The molecule has 20 heavy (non-hydrogen) atoms. The summed E-state index contributed by atoms with van der Waals surface area (Å²) in [5.41, 5.74) is 3.09. The second kappa shape index (κ2) is 6.23. The maximum Gasteiger partial charge on any atom is 0.144 e. The molecule has 1 aromatic rings. The molecule has 0 saturated heterocycles. The highest BCUT2D eigenvalue weighted by molar-refractivity contribution is 5.55. The van der Waals surface area contributed by atoms with Crippen LogP contribution in [0.5, 0.6) is 0 Å². The summed E-state index contributed by atoms with van der Waals surface area (Å²) in [4.78, 5) is 4.62. The summed E-state index contributed by atoms with van der Waals surface area (Å²) < 4.78 is 0. The summed E-state index contributed by atoms with van der Waals surface area (Å²) in [7, 11) is 0. The minimum Gasteiger partial charge on any atom is -0.396 e. The van der Waals surface area contributed by atoms with Crippen molar-refractivity contribution in [1.82, 2.24) is 4.98 Å². The highest BCUT2D eigenvalue weighted by Crippen LogP contribution is 2.27. The first-order valence-corrected chi connectivity index (χ1v) is 7.33. The lowest BCUT2D eigenvalue weighted by molar-refractivity contribution is 0.248. The van der Waals surface area contributed by atoms with Crippen LogP contribution in [0.4, 0.5) is 5.82 Å². The summed E-state index contributed by atoms with van der Waals surface area (Å²) in [5.74, 6) is 0.713. The fourth-order valence-corrected chi connectivity index (χ4v) is 2.66. The lowest BCUT2D eigenvalue weighted by Gasteiger charge is -2.25. The molecule has 1 aliphatic rings. The Bertz CT molecular complexity index is 517. The number of aryl methyl sites for hydroxylation is 2. The molecule has 2 N–H and O–H groups in total. The number of nitrogens with one attached hydrogen (secondary N) is 1. The van der Waals surface area contributed by atoms with Gasteiger partial charge < -0.3 is 10.4 Å². The van der Waals surface area contributed by atoms with E-state index >= 15 is 0 Å². The van der Waals surface area contributed by atoms with Crippen LogP contribution in [-0.2, 0) is 12.8 Å². The van der Waals surface area contributed by atoms with Crippen LogP contribution < -0.4 is 5.32 Å². The van der Waals surface area contributed by atoms with Gasteiger partial charge in [0.1, 0.15) is 11.9 Å². The smallest absolute Gasteiger partial charge is 0.144 e. The zero-order chi connectivity index (χ0) is 14.6. The first-order valence-electron chi connectivity index (χ1n) is 7.33. The average molecular weight is 273 g/mol. The quantitative estimate of drug-likeness (QED) is 0.836. The highest BCUT2D eigenvalue weighted by atomic mass is 16.2. The van der Waals surface area contributed by atoms with Crippen LogP contribution in [0.2, 0.25) is 0 Å². The van der Waals surface area contributed by atoms with Gasteiger partial charge in [-0.15, -0.1) is 0 Å². The number of aromatic nitrogens is 1. The molecule has 1 aromatic heterocycles. The number of fused-ring (bicyclic) bond motifs is 1. The minimum atomic E-state index is 0.0795. The Hall–Kier alpha value is -1.60. The standard InChI is InChI=1S/C16H23N3O/c1-16(2,7-4-8-20)11-18-15-13(10-17)9-12-5-3-6-14(12)19-15/h9,20H,3-8,11H2,1-2H3,(H,18,19). The van der Waals surface area contributed by atoms with Gasteiger partial charge in [-0.25, -0.2) is 4.98 Å². The van der Waals surface area contributed by atoms with E-state index in [0.717, 1.165) is 44.3 Å². The molecular weight excluding hydrogens is 250 g/mol. The number of hydrogen-bond donors (Lipinski definition) is 2. The first kappa shape index (κ1) is 14.8. The van der Waals surface area contributed by atoms with Gasteiger partial charge in [0.25, 0.3) is 0 Å². The number of rotatable bonds is 6. The number of aliphatic hydroxyl groups is 1. The van der Waals surface area contributed by atoms with Gasteiger partial charge in [-0.05, 0) is 49.1 Å². The van der Waals surface area contributed by atoms with Gasteiger partial charge in [-0.2, -0.15) is 5.26 Å². The Morgan fingerprint density at radius 3 is 2.95 bits per heavy atom. The Morgan fingerprint density at radius 2 is 2.25 bits per heavy atom. The van der Waals surface area contributed by atoms with Crippen LogP contribution in [0.15, 0.2) is 6.07 Å². The molecule has 0 spiro atoms. The second-order valence-electron chi connectivity index (χ2n) is 6.30. The molecule has 0 bridgehead atoms. The fraction of sp³-hybridized carbons (Fsp3) is 0.625. The van der Waals surface area contributed by atoms with E-state index in [2.05, 4.69) is 30.2 Å². The van der Waals surface area contributed by atoms with Crippen molar-refractivity contribution >= 4 is 5.82 Å². The Balaban J connectivity index is 2.08. The Kier molecular flexibility index (Phi) is 4.61. The van der Waals surface area contributed by atoms with Crippen LogP contribution in [0, 0.1) is 16.7 Å². The van der Waals surface area contributed by atoms with Gasteiger partial charge in [-0.3, -0.25) is 0 Å². The van der Waals surface area contributed by atoms with Crippen molar-refractivity contribution in [1.29, 1.82) is 5.26 Å². The number of anilines is 1. The number of hydrogen-bond acceptors (Lipinski definition) is 4. The van der Waals surface area contributed by atoms with Gasteiger partial charge in [0.2, 0.25) is 0 Å². The SMILES string of the molecule is CC(C)(CCCO)CNc1nc2c(cc1C#N)CCC2. The highest BCUT2D eigenvalue weighted by Gasteiger charge is 2.20. The van der Waals surface area contributed by atoms with Crippen LogP contribution in [0.25, 0.3) is 0 Å². The van der Waals surface area contributed by atoms with E-state index in [1.165, 1.54) is 5.56 Å². The third-order valence-corrected chi connectivity index (χ3v) is 3.92.